The van der Waals surface area contributed by atoms with Crippen LogP contribution in [0.3, 0.4) is 0 Å². The van der Waals surface area contributed by atoms with Crippen molar-refractivity contribution in [3.63, 3.8) is 0 Å². The molecule has 3 amide bonds. The molecule has 5 heterocycles. The summed E-state index contributed by atoms with van der Waals surface area (Å²) in [7, 11) is 2.03. The van der Waals surface area contributed by atoms with E-state index in [1.807, 2.05) is 26.1 Å². The number of aromatic nitrogens is 1. The van der Waals surface area contributed by atoms with Crippen LogP contribution in [-0.4, -0.2) is 92.4 Å². The summed E-state index contributed by atoms with van der Waals surface area (Å²) in [5, 5.41) is 15.9. The Bertz CT molecular complexity index is 1430. The maximum Gasteiger partial charge on any atom is 0.280 e. The largest absolute Gasteiger partial charge is 0.361 e. The van der Waals surface area contributed by atoms with Crippen LogP contribution in [0.25, 0.3) is 16.5 Å². The molecule has 4 aliphatic heterocycles. The molecule has 10 heteroatoms. The molecule has 0 spiro atoms. The van der Waals surface area contributed by atoms with Crippen molar-refractivity contribution in [1.29, 1.82) is 0 Å². The van der Waals surface area contributed by atoms with E-state index in [-0.39, 0.29) is 24.3 Å². The summed E-state index contributed by atoms with van der Waals surface area (Å²) in [6, 6.07) is 4.87. The van der Waals surface area contributed by atoms with Crippen LogP contribution < -0.4 is 5.32 Å². The molecule has 6 atom stereocenters. The van der Waals surface area contributed by atoms with E-state index in [2.05, 4.69) is 33.5 Å². The number of nitrogens with one attached hydrogen (secondary N) is 2. The molecule has 206 valence electrons. The first-order valence-electron chi connectivity index (χ1n) is 14.1. The first-order chi connectivity index (χ1) is 18.7. The van der Waals surface area contributed by atoms with Crippen molar-refractivity contribution in [3.05, 3.63) is 41.6 Å². The fourth-order valence-corrected chi connectivity index (χ4v) is 7.66. The number of hydrogen-bond donors (Lipinski definition) is 3. The number of carbonyl (C=O) groups excluding carboxylic acids is 3. The molecule has 39 heavy (non-hydrogen) atoms. The maximum atomic E-state index is 14.0. The predicted molar refractivity (Wildman–Crippen MR) is 143 cm³/mol. The van der Waals surface area contributed by atoms with Gasteiger partial charge in [-0.1, -0.05) is 32.1 Å². The van der Waals surface area contributed by atoms with Crippen molar-refractivity contribution in [3.8, 4) is 0 Å². The number of aliphatic hydroxyl groups is 1. The molecule has 3 fully saturated rings. The molecule has 1 aromatic heterocycles. The Morgan fingerprint density at radius 2 is 2.10 bits per heavy atom. The Balaban J connectivity index is 1.22. The standard InChI is InChI=1S/C29H35N5O5/c1-4-21-26(36)33-11-7-10-23(33)29(38)34(21)27(37)28(5-2,39-29)31-25(35)17-12-19-18-8-6-9-20-24(18)16(14-30-20)13-22(19)32(3)15-17/h6,8-9,12,14,17,21-23,30,38H,4-5,7,10-11,13,15H2,1-3H3,(H,31,35). The van der Waals surface area contributed by atoms with Crippen LogP contribution in [0.2, 0.25) is 0 Å². The molecule has 0 radical (unpaired) electrons. The Morgan fingerprint density at radius 3 is 2.87 bits per heavy atom. The van der Waals surface area contributed by atoms with Gasteiger partial charge >= 0.3 is 0 Å². The zero-order valence-electron chi connectivity index (χ0n) is 22.6. The normalized spacial score (nSPS) is 35.6. The molecular formula is C29H35N5O5. The molecular weight excluding hydrogens is 498 g/mol. The van der Waals surface area contributed by atoms with Crippen LogP contribution in [0.5, 0.6) is 0 Å². The fraction of sp³-hybridized carbons (Fsp3) is 0.552. The van der Waals surface area contributed by atoms with Crippen molar-refractivity contribution in [1.82, 2.24) is 25.0 Å². The lowest BCUT2D eigenvalue weighted by molar-refractivity contribution is -0.317. The van der Waals surface area contributed by atoms with Crippen LogP contribution in [-0.2, 0) is 25.5 Å². The van der Waals surface area contributed by atoms with Gasteiger partial charge in [0.2, 0.25) is 17.5 Å². The highest BCUT2D eigenvalue weighted by molar-refractivity contribution is 6.01. The highest BCUT2D eigenvalue weighted by atomic mass is 16.7. The summed E-state index contributed by atoms with van der Waals surface area (Å²) >= 11 is 0. The first kappa shape index (κ1) is 24.8. The minimum Gasteiger partial charge on any atom is -0.361 e. The Labute approximate surface area is 226 Å². The number of ether oxygens (including phenoxy) is 1. The van der Waals surface area contributed by atoms with Crippen molar-refractivity contribution < 1.29 is 24.2 Å². The third-order valence-electron chi connectivity index (χ3n) is 9.62. The molecule has 6 unspecified atom stereocenters. The summed E-state index contributed by atoms with van der Waals surface area (Å²) in [6.07, 6.45) is 6.70. The Kier molecular flexibility index (Phi) is 5.34. The number of nitrogens with zero attached hydrogens (tertiary/aromatic N) is 3. The second kappa shape index (κ2) is 8.39. The van der Waals surface area contributed by atoms with Gasteiger partial charge in [-0.05, 0) is 55.5 Å². The van der Waals surface area contributed by atoms with Gasteiger partial charge < -0.3 is 20.3 Å². The average Bonchev–Trinajstić information content (AvgIpc) is 3.64. The minimum atomic E-state index is -1.97. The van der Waals surface area contributed by atoms with Crippen LogP contribution in [0.1, 0.15) is 50.7 Å². The maximum absolute atomic E-state index is 14.0. The minimum absolute atomic E-state index is 0.126. The van der Waals surface area contributed by atoms with E-state index in [9.17, 15) is 19.5 Å². The lowest BCUT2D eigenvalue weighted by Crippen LogP contribution is -2.71. The number of rotatable bonds is 4. The first-order valence-corrected chi connectivity index (χ1v) is 14.1. The van der Waals surface area contributed by atoms with Gasteiger partial charge in [0.05, 0.1) is 5.92 Å². The highest BCUT2D eigenvalue weighted by Crippen LogP contribution is 2.47. The van der Waals surface area contributed by atoms with E-state index in [0.717, 1.165) is 29.5 Å². The van der Waals surface area contributed by atoms with Crippen molar-refractivity contribution >= 4 is 34.2 Å². The number of carbonyl (C=O) groups is 3. The lowest BCUT2D eigenvalue weighted by Gasteiger charge is -2.48. The topological polar surface area (TPSA) is 118 Å². The average molecular weight is 534 g/mol. The highest BCUT2D eigenvalue weighted by Gasteiger charge is 2.70. The van der Waals surface area contributed by atoms with Crippen LogP contribution in [0.15, 0.2) is 30.5 Å². The van der Waals surface area contributed by atoms with E-state index >= 15 is 0 Å². The number of benzene rings is 1. The van der Waals surface area contributed by atoms with Crippen molar-refractivity contribution in [2.24, 2.45) is 5.92 Å². The number of likely N-dealkylation sites (N-methyl/N-ethyl adjacent to an activating group) is 1. The molecule has 7 rings (SSSR count). The molecule has 10 nitrogen and oxygen atoms in total. The summed E-state index contributed by atoms with van der Waals surface area (Å²) < 4.78 is 6.24. The van der Waals surface area contributed by atoms with Crippen LogP contribution in [0, 0.1) is 5.92 Å². The Hall–Kier alpha value is -3.21. The second-order valence-electron chi connectivity index (χ2n) is 11.6. The van der Waals surface area contributed by atoms with Gasteiger partial charge in [0.25, 0.3) is 11.8 Å². The zero-order chi connectivity index (χ0) is 27.3. The molecule has 3 saturated heterocycles. The van der Waals surface area contributed by atoms with Crippen LogP contribution >= 0.6 is 0 Å². The number of amides is 3. The quantitative estimate of drug-likeness (QED) is 0.549. The third-order valence-corrected chi connectivity index (χ3v) is 9.62. The summed E-state index contributed by atoms with van der Waals surface area (Å²) in [5.74, 6) is -3.54. The number of aromatic amines is 1. The van der Waals surface area contributed by atoms with E-state index in [1.54, 1.807) is 11.8 Å². The zero-order valence-corrected chi connectivity index (χ0v) is 22.6. The van der Waals surface area contributed by atoms with Crippen LogP contribution in [0.4, 0.5) is 0 Å². The number of piperazine rings is 1. The van der Waals surface area contributed by atoms with Gasteiger partial charge in [0.1, 0.15) is 12.1 Å². The van der Waals surface area contributed by atoms with Gasteiger partial charge in [-0.25, -0.2) is 0 Å². The van der Waals surface area contributed by atoms with Crippen molar-refractivity contribution in [2.75, 3.05) is 20.1 Å². The molecule has 0 bridgehead atoms. The smallest absolute Gasteiger partial charge is 0.280 e. The molecule has 2 aromatic rings. The molecule has 5 aliphatic rings. The Morgan fingerprint density at radius 1 is 1.28 bits per heavy atom. The van der Waals surface area contributed by atoms with E-state index in [0.29, 0.717) is 25.9 Å². The van der Waals surface area contributed by atoms with Gasteiger partial charge in [0.15, 0.2) is 0 Å². The molecule has 1 aromatic carbocycles. The molecule has 1 aliphatic carbocycles. The summed E-state index contributed by atoms with van der Waals surface area (Å²) in [5.41, 5.74) is 2.85. The van der Waals surface area contributed by atoms with Gasteiger partial charge in [-0.2, -0.15) is 0 Å². The lowest BCUT2D eigenvalue weighted by atomic mass is 9.79. The van der Waals surface area contributed by atoms with Gasteiger partial charge in [-0.15, -0.1) is 0 Å². The SMILES string of the molecule is CCC1C(=O)N2CCCC2C2(O)OC(CC)(NC(=O)C3C=C4c5cccc6[nH]cc(c56)CC4N(C)C3)C(=O)N12. The number of hydrogen-bond acceptors (Lipinski definition) is 6. The monoisotopic (exact) mass is 533 g/mol. The third kappa shape index (κ3) is 3.22. The molecule has 0 saturated carbocycles. The number of fused-ring (bicyclic) bond motifs is 5. The summed E-state index contributed by atoms with van der Waals surface area (Å²) in [6.45, 7) is 4.59. The second-order valence-corrected chi connectivity index (χ2v) is 11.6. The predicted octanol–water partition coefficient (Wildman–Crippen LogP) is 1.55. The van der Waals surface area contributed by atoms with Gasteiger partial charge in [-0.3, -0.25) is 28.9 Å². The van der Waals surface area contributed by atoms with E-state index in [4.69, 9.17) is 4.74 Å². The summed E-state index contributed by atoms with van der Waals surface area (Å²) in [4.78, 5) is 49.5. The van der Waals surface area contributed by atoms with Crippen molar-refractivity contribution in [2.45, 2.75) is 75.7 Å². The molecule has 3 N–H and O–H groups in total. The van der Waals surface area contributed by atoms with E-state index in [1.165, 1.54) is 15.8 Å². The number of H-pyrrole nitrogens is 1. The van der Waals surface area contributed by atoms with E-state index < -0.39 is 35.5 Å². The fourth-order valence-electron chi connectivity index (χ4n) is 7.66. The van der Waals surface area contributed by atoms with Gasteiger partial charge in [0, 0.05) is 42.7 Å².